The summed E-state index contributed by atoms with van der Waals surface area (Å²) in [5.41, 5.74) is -2.12. The number of nitrogens with one attached hydrogen (secondary N) is 2. The molecule has 2 aliphatic rings. The van der Waals surface area contributed by atoms with E-state index in [1.807, 2.05) is 0 Å². The molecular weight excluding hydrogens is 268 g/mol. The molecule has 0 aromatic carbocycles. The summed E-state index contributed by atoms with van der Waals surface area (Å²) >= 11 is 0. The predicted octanol–water partition coefficient (Wildman–Crippen LogP) is -2.31. The van der Waals surface area contributed by atoms with Gasteiger partial charge in [0.1, 0.15) is 0 Å². The predicted molar refractivity (Wildman–Crippen MR) is 62.0 cm³/mol. The molecule has 0 saturated carbocycles. The van der Waals surface area contributed by atoms with E-state index < -0.39 is 30.5 Å². The van der Waals surface area contributed by atoms with Crippen molar-refractivity contribution < 1.29 is 21.6 Å². The summed E-state index contributed by atoms with van der Waals surface area (Å²) in [6, 6.07) is 0. The number of rotatable bonds is 2. The van der Waals surface area contributed by atoms with Crippen LogP contribution in [0.15, 0.2) is 0 Å². The second kappa shape index (κ2) is 4.81. The van der Waals surface area contributed by atoms with E-state index in [4.69, 9.17) is 4.74 Å². The third kappa shape index (κ3) is 2.97. The summed E-state index contributed by atoms with van der Waals surface area (Å²) in [5.74, 6) is -0.0320. The normalized spacial score (nSPS) is 36.5. The second-order valence-electron chi connectivity index (χ2n) is 4.14. The molecule has 100 valence electrons. The van der Waals surface area contributed by atoms with Crippen molar-refractivity contribution in [2.75, 3.05) is 37.7 Å². The molecule has 2 aliphatic heterocycles. The van der Waals surface area contributed by atoms with Crippen molar-refractivity contribution in [1.82, 2.24) is 10.6 Å². The maximum atomic E-state index is 11.7. The van der Waals surface area contributed by atoms with Gasteiger partial charge in [0.2, 0.25) is 0 Å². The average Bonchev–Trinajstić information content (AvgIpc) is 2.23. The first-order chi connectivity index (χ1) is 7.92. The summed E-state index contributed by atoms with van der Waals surface area (Å²) in [5, 5.41) is 5.78. The highest BCUT2D eigenvalue weighted by atomic mass is 32.2. The molecule has 7 nitrogen and oxygen atoms in total. The first-order valence-corrected chi connectivity index (χ1v) is 8.85. The van der Waals surface area contributed by atoms with E-state index in [1.54, 1.807) is 0 Å². The third-order valence-electron chi connectivity index (χ3n) is 2.85. The zero-order chi connectivity index (χ0) is 12.5. The smallest absolute Gasteiger partial charge is 0.179 e. The molecule has 17 heavy (non-hydrogen) atoms. The number of ether oxygens (including phenoxy) is 1. The quantitative estimate of drug-likeness (QED) is 0.587. The van der Waals surface area contributed by atoms with Crippen molar-refractivity contribution in [2.45, 2.75) is 10.9 Å². The first-order valence-electron chi connectivity index (χ1n) is 5.42. The van der Waals surface area contributed by atoms with E-state index in [9.17, 15) is 16.8 Å². The van der Waals surface area contributed by atoms with E-state index in [2.05, 4.69) is 10.6 Å². The van der Waals surface area contributed by atoms with Crippen LogP contribution in [0.5, 0.6) is 0 Å². The van der Waals surface area contributed by atoms with Crippen LogP contribution in [0.1, 0.15) is 0 Å². The summed E-state index contributed by atoms with van der Waals surface area (Å²) < 4.78 is 52.0. The van der Waals surface area contributed by atoms with Crippen molar-refractivity contribution in [3.8, 4) is 0 Å². The zero-order valence-corrected chi connectivity index (χ0v) is 10.9. The Kier molecular flexibility index (Phi) is 3.74. The van der Waals surface area contributed by atoms with Gasteiger partial charge in [0, 0.05) is 26.2 Å². The lowest BCUT2D eigenvalue weighted by atomic mass is 10.5. The Morgan fingerprint density at radius 3 is 1.59 bits per heavy atom. The second-order valence-corrected chi connectivity index (χ2v) is 8.66. The monoisotopic (exact) mass is 284 g/mol. The summed E-state index contributed by atoms with van der Waals surface area (Å²) in [7, 11) is -6.70. The van der Waals surface area contributed by atoms with Gasteiger partial charge < -0.3 is 15.4 Å². The third-order valence-corrected chi connectivity index (χ3v) is 6.56. The Labute approximate surface area is 101 Å². The van der Waals surface area contributed by atoms with E-state index >= 15 is 0 Å². The topological polar surface area (TPSA) is 102 Å². The fraction of sp³-hybridized carbons (Fsp3) is 1.00. The van der Waals surface area contributed by atoms with Gasteiger partial charge in [-0.25, -0.2) is 16.8 Å². The molecule has 2 fully saturated rings. The van der Waals surface area contributed by atoms with Crippen LogP contribution in [0.2, 0.25) is 0 Å². The van der Waals surface area contributed by atoms with Crippen molar-refractivity contribution >= 4 is 19.7 Å². The first kappa shape index (κ1) is 13.2. The molecule has 0 aromatic heterocycles. The van der Waals surface area contributed by atoms with Crippen LogP contribution in [0.4, 0.5) is 0 Å². The zero-order valence-electron chi connectivity index (χ0n) is 9.26. The Balaban J connectivity index is 2.09. The van der Waals surface area contributed by atoms with Crippen LogP contribution in [0.25, 0.3) is 0 Å². The van der Waals surface area contributed by atoms with E-state index in [0.717, 1.165) is 0 Å². The maximum absolute atomic E-state index is 11.7. The lowest BCUT2D eigenvalue weighted by molar-refractivity contribution is 0.0734. The molecule has 0 aromatic rings. The van der Waals surface area contributed by atoms with E-state index in [-0.39, 0.29) is 24.6 Å². The van der Waals surface area contributed by atoms with Crippen molar-refractivity contribution in [2.24, 2.45) is 0 Å². The molecule has 0 amide bonds. The maximum Gasteiger partial charge on any atom is 0.179 e. The number of hydrogen-bond acceptors (Lipinski definition) is 7. The Morgan fingerprint density at radius 2 is 1.24 bits per heavy atom. The molecule has 2 heterocycles. The van der Waals surface area contributed by atoms with Gasteiger partial charge in [0.25, 0.3) is 0 Å². The van der Waals surface area contributed by atoms with Gasteiger partial charge in [-0.05, 0) is 0 Å². The Morgan fingerprint density at radius 1 is 0.824 bits per heavy atom. The number of hydrogen-bond donors (Lipinski definition) is 2. The van der Waals surface area contributed by atoms with Gasteiger partial charge in [0.05, 0.1) is 11.5 Å². The summed E-state index contributed by atoms with van der Waals surface area (Å²) in [6.45, 7) is 1.07. The van der Waals surface area contributed by atoms with Crippen molar-refractivity contribution in [1.29, 1.82) is 0 Å². The SMILES string of the molecule is O=S1(=O)CCNCC1OC1CNCCS1(=O)=O. The minimum absolute atomic E-state index is 0.0160. The summed E-state index contributed by atoms with van der Waals surface area (Å²) in [4.78, 5) is 0. The molecule has 2 atom stereocenters. The standard InChI is InChI=1S/C8H16N2O5S2/c11-16(12)3-1-9-5-7(16)15-8-6-10-2-4-17(8,13)14/h7-10H,1-6H2. The van der Waals surface area contributed by atoms with Gasteiger partial charge in [-0.2, -0.15) is 0 Å². The molecule has 2 saturated heterocycles. The summed E-state index contributed by atoms with van der Waals surface area (Å²) in [6.07, 6.45) is 0. The molecular formula is C8H16N2O5S2. The lowest BCUT2D eigenvalue weighted by Crippen LogP contribution is -2.52. The van der Waals surface area contributed by atoms with E-state index in [1.165, 1.54) is 0 Å². The van der Waals surface area contributed by atoms with Gasteiger partial charge >= 0.3 is 0 Å². The molecule has 0 bridgehead atoms. The molecule has 0 radical (unpaired) electrons. The molecule has 0 spiro atoms. The highest BCUT2D eigenvalue weighted by molar-refractivity contribution is 7.92. The van der Waals surface area contributed by atoms with Gasteiger partial charge in [-0.3, -0.25) is 0 Å². The van der Waals surface area contributed by atoms with Crippen LogP contribution in [-0.2, 0) is 24.4 Å². The van der Waals surface area contributed by atoms with Crippen LogP contribution >= 0.6 is 0 Å². The molecule has 9 heteroatoms. The molecule has 2 rings (SSSR count). The van der Waals surface area contributed by atoms with Crippen LogP contribution in [0, 0.1) is 0 Å². The fourth-order valence-corrected chi connectivity index (χ4v) is 4.62. The van der Waals surface area contributed by atoms with Crippen LogP contribution < -0.4 is 10.6 Å². The molecule has 2 N–H and O–H groups in total. The van der Waals surface area contributed by atoms with Crippen LogP contribution in [-0.4, -0.2) is 65.4 Å². The van der Waals surface area contributed by atoms with E-state index in [0.29, 0.717) is 13.1 Å². The Bertz CT molecular complexity index is 428. The van der Waals surface area contributed by atoms with Gasteiger partial charge in [-0.1, -0.05) is 0 Å². The number of sulfone groups is 2. The van der Waals surface area contributed by atoms with Gasteiger partial charge in [0.15, 0.2) is 30.5 Å². The largest absolute Gasteiger partial charge is 0.340 e. The van der Waals surface area contributed by atoms with Crippen molar-refractivity contribution in [3.63, 3.8) is 0 Å². The van der Waals surface area contributed by atoms with Gasteiger partial charge in [-0.15, -0.1) is 0 Å². The molecule has 0 aliphatic carbocycles. The minimum Gasteiger partial charge on any atom is -0.340 e. The van der Waals surface area contributed by atoms with Crippen LogP contribution in [0.3, 0.4) is 0 Å². The Hall–Kier alpha value is -0.220. The lowest BCUT2D eigenvalue weighted by Gasteiger charge is -2.30. The average molecular weight is 284 g/mol. The van der Waals surface area contributed by atoms with Crippen molar-refractivity contribution in [3.05, 3.63) is 0 Å². The highest BCUT2D eigenvalue weighted by Gasteiger charge is 2.37. The highest BCUT2D eigenvalue weighted by Crippen LogP contribution is 2.15. The fourth-order valence-electron chi connectivity index (χ4n) is 1.82. The minimum atomic E-state index is -3.35. The molecule has 2 unspecified atom stereocenters.